The zero-order valence-corrected chi connectivity index (χ0v) is 18.1. The number of thioether (sulfide) groups is 1. The summed E-state index contributed by atoms with van der Waals surface area (Å²) in [5, 5.41) is 9.02. The van der Waals surface area contributed by atoms with Crippen molar-refractivity contribution in [2.75, 3.05) is 26.6 Å². The third kappa shape index (κ3) is 5.33. The van der Waals surface area contributed by atoms with Crippen LogP contribution in [0.2, 0.25) is 0 Å². The first kappa shape index (κ1) is 21.7. The number of hydrogen-bond acceptors (Lipinski definition) is 7. The number of carbonyl (C=O) groups excluding carboxylic acids is 1. The van der Waals surface area contributed by atoms with Crippen molar-refractivity contribution >= 4 is 29.1 Å². The lowest BCUT2D eigenvalue weighted by molar-refractivity contribution is -0.124. The standard InChI is InChI=1S/C22H25N3O4S/c1-4-12-29-18-10-8-16(9-11-18)14-25-20(26)15-30-22(25)24-23-13-17-6-5-7-19(27-2)21(17)28-3/h5-11,13H,4,12,14-15H2,1-3H3/b23-13+,24-22-. The highest BCUT2D eigenvalue weighted by atomic mass is 32.2. The number of benzene rings is 2. The third-order valence-corrected chi connectivity index (χ3v) is 5.32. The second kappa shape index (κ2) is 10.7. The first-order chi connectivity index (χ1) is 14.7. The van der Waals surface area contributed by atoms with Gasteiger partial charge in [-0.2, -0.15) is 5.10 Å². The number of hydrogen-bond donors (Lipinski definition) is 0. The van der Waals surface area contributed by atoms with Crippen LogP contribution in [-0.4, -0.2) is 48.8 Å². The fourth-order valence-corrected chi connectivity index (χ4v) is 3.71. The van der Waals surface area contributed by atoms with Gasteiger partial charge in [0.25, 0.3) is 0 Å². The van der Waals surface area contributed by atoms with E-state index in [1.165, 1.54) is 11.8 Å². The van der Waals surface area contributed by atoms with Crippen molar-refractivity contribution in [1.82, 2.24) is 4.90 Å². The maximum absolute atomic E-state index is 12.3. The fourth-order valence-electron chi connectivity index (χ4n) is 2.88. The molecule has 2 aromatic carbocycles. The molecule has 0 aliphatic carbocycles. The van der Waals surface area contributed by atoms with Crippen molar-refractivity contribution in [3.63, 3.8) is 0 Å². The van der Waals surface area contributed by atoms with Gasteiger partial charge >= 0.3 is 0 Å². The molecular formula is C22H25N3O4S. The van der Waals surface area contributed by atoms with Gasteiger partial charge in [0.2, 0.25) is 5.91 Å². The molecule has 7 nitrogen and oxygen atoms in total. The zero-order valence-electron chi connectivity index (χ0n) is 17.3. The molecule has 0 aromatic heterocycles. The van der Waals surface area contributed by atoms with Gasteiger partial charge in [-0.25, -0.2) is 0 Å². The summed E-state index contributed by atoms with van der Waals surface area (Å²) in [6, 6.07) is 13.3. The number of rotatable bonds is 9. The van der Waals surface area contributed by atoms with Crippen molar-refractivity contribution in [3.05, 3.63) is 53.6 Å². The number of nitrogens with zero attached hydrogens (tertiary/aromatic N) is 3. The minimum absolute atomic E-state index is 0.0132. The van der Waals surface area contributed by atoms with E-state index in [0.717, 1.165) is 23.3 Å². The summed E-state index contributed by atoms with van der Waals surface area (Å²) in [6.07, 6.45) is 2.55. The molecule has 1 aliphatic rings. The minimum atomic E-state index is 0.0132. The molecule has 0 saturated carbocycles. The van der Waals surface area contributed by atoms with Crippen LogP contribution in [0.5, 0.6) is 17.2 Å². The van der Waals surface area contributed by atoms with Crippen LogP contribution in [0.4, 0.5) is 0 Å². The number of methoxy groups -OCH3 is 2. The zero-order chi connectivity index (χ0) is 21.3. The van der Waals surface area contributed by atoms with Gasteiger partial charge in [0.1, 0.15) is 5.75 Å². The minimum Gasteiger partial charge on any atom is -0.494 e. The summed E-state index contributed by atoms with van der Waals surface area (Å²) in [5.74, 6) is 2.40. The van der Waals surface area contributed by atoms with Gasteiger partial charge in [0.15, 0.2) is 16.7 Å². The van der Waals surface area contributed by atoms with E-state index in [-0.39, 0.29) is 5.91 Å². The van der Waals surface area contributed by atoms with Crippen LogP contribution in [0.15, 0.2) is 52.7 Å². The lowest BCUT2D eigenvalue weighted by atomic mass is 10.2. The van der Waals surface area contributed by atoms with E-state index in [1.807, 2.05) is 42.5 Å². The average Bonchev–Trinajstić information content (AvgIpc) is 3.12. The molecule has 0 spiro atoms. The topological polar surface area (TPSA) is 72.7 Å². The predicted octanol–water partition coefficient (Wildman–Crippen LogP) is 3.96. The summed E-state index contributed by atoms with van der Waals surface area (Å²) < 4.78 is 16.3. The maximum atomic E-state index is 12.3. The monoisotopic (exact) mass is 427 g/mol. The van der Waals surface area contributed by atoms with Crippen LogP contribution < -0.4 is 14.2 Å². The van der Waals surface area contributed by atoms with E-state index < -0.39 is 0 Å². The first-order valence-corrected chi connectivity index (χ1v) is 10.6. The Morgan fingerprint density at radius 3 is 2.63 bits per heavy atom. The van der Waals surface area contributed by atoms with Crippen LogP contribution in [-0.2, 0) is 11.3 Å². The van der Waals surface area contributed by atoms with E-state index >= 15 is 0 Å². The quantitative estimate of drug-likeness (QED) is 0.447. The van der Waals surface area contributed by atoms with E-state index in [2.05, 4.69) is 17.1 Å². The van der Waals surface area contributed by atoms with Crippen LogP contribution in [0, 0.1) is 0 Å². The van der Waals surface area contributed by atoms with Gasteiger partial charge in [-0.3, -0.25) is 9.69 Å². The van der Waals surface area contributed by atoms with Gasteiger partial charge in [-0.15, -0.1) is 5.10 Å². The first-order valence-electron chi connectivity index (χ1n) is 9.63. The van der Waals surface area contributed by atoms with Crippen molar-refractivity contribution in [2.24, 2.45) is 10.2 Å². The van der Waals surface area contributed by atoms with Crippen LogP contribution in [0.1, 0.15) is 24.5 Å². The van der Waals surface area contributed by atoms with Gasteiger partial charge in [0.05, 0.1) is 39.3 Å². The Morgan fingerprint density at radius 1 is 1.13 bits per heavy atom. The van der Waals surface area contributed by atoms with Crippen molar-refractivity contribution in [2.45, 2.75) is 19.9 Å². The van der Waals surface area contributed by atoms with E-state index in [0.29, 0.717) is 35.6 Å². The van der Waals surface area contributed by atoms with Crippen molar-refractivity contribution < 1.29 is 19.0 Å². The lowest BCUT2D eigenvalue weighted by Crippen LogP contribution is -2.28. The molecule has 1 aliphatic heterocycles. The van der Waals surface area contributed by atoms with E-state index in [1.54, 1.807) is 25.3 Å². The van der Waals surface area contributed by atoms with Gasteiger partial charge in [0, 0.05) is 5.56 Å². The molecule has 0 unspecified atom stereocenters. The number of ether oxygens (including phenoxy) is 3. The molecule has 1 heterocycles. The fraction of sp³-hybridized carbons (Fsp3) is 0.318. The third-order valence-electron chi connectivity index (χ3n) is 4.37. The average molecular weight is 428 g/mol. The normalized spacial score (nSPS) is 15.2. The lowest BCUT2D eigenvalue weighted by Gasteiger charge is -2.15. The summed E-state index contributed by atoms with van der Waals surface area (Å²) in [7, 11) is 3.16. The summed E-state index contributed by atoms with van der Waals surface area (Å²) in [6.45, 7) is 3.20. The highest BCUT2D eigenvalue weighted by molar-refractivity contribution is 8.15. The Hall–Kier alpha value is -3.00. The maximum Gasteiger partial charge on any atom is 0.239 e. The second-order valence-electron chi connectivity index (χ2n) is 6.47. The molecule has 0 N–H and O–H groups in total. The highest BCUT2D eigenvalue weighted by Crippen LogP contribution is 2.29. The van der Waals surface area contributed by atoms with Crippen LogP contribution in [0.25, 0.3) is 0 Å². The number of para-hydroxylation sites is 1. The molecule has 1 saturated heterocycles. The molecule has 1 amide bonds. The Kier molecular flexibility index (Phi) is 7.73. The molecule has 0 atom stereocenters. The molecule has 2 aromatic rings. The Balaban J connectivity index is 1.72. The van der Waals surface area contributed by atoms with Gasteiger partial charge in [-0.1, -0.05) is 36.9 Å². The molecule has 0 bridgehead atoms. The summed E-state index contributed by atoms with van der Waals surface area (Å²) in [5.41, 5.74) is 1.74. The van der Waals surface area contributed by atoms with E-state index in [9.17, 15) is 4.79 Å². The Labute approximate surface area is 180 Å². The van der Waals surface area contributed by atoms with Gasteiger partial charge < -0.3 is 14.2 Å². The van der Waals surface area contributed by atoms with Crippen molar-refractivity contribution in [3.8, 4) is 17.2 Å². The van der Waals surface area contributed by atoms with Crippen molar-refractivity contribution in [1.29, 1.82) is 0 Å². The molecule has 3 rings (SSSR count). The Morgan fingerprint density at radius 2 is 1.93 bits per heavy atom. The molecule has 158 valence electrons. The van der Waals surface area contributed by atoms with Gasteiger partial charge in [-0.05, 0) is 36.2 Å². The highest BCUT2D eigenvalue weighted by Gasteiger charge is 2.28. The Bertz CT molecular complexity index is 928. The summed E-state index contributed by atoms with van der Waals surface area (Å²) >= 11 is 1.38. The molecule has 1 fully saturated rings. The molecule has 8 heteroatoms. The smallest absolute Gasteiger partial charge is 0.239 e. The number of carbonyl (C=O) groups is 1. The largest absolute Gasteiger partial charge is 0.494 e. The van der Waals surface area contributed by atoms with Crippen LogP contribution >= 0.6 is 11.8 Å². The second-order valence-corrected chi connectivity index (χ2v) is 7.41. The predicted molar refractivity (Wildman–Crippen MR) is 120 cm³/mol. The molecule has 30 heavy (non-hydrogen) atoms. The summed E-state index contributed by atoms with van der Waals surface area (Å²) in [4.78, 5) is 14.0. The van der Waals surface area contributed by atoms with E-state index in [4.69, 9.17) is 14.2 Å². The molecular weight excluding hydrogens is 402 g/mol. The van der Waals surface area contributed by atoms with Crippen LogP contribution in [0.3, 0.4) is 0 Å². The SMILES string of the molecule is CCCOc1ccc(CN2C(=O)CS/C2=N\N=C\c2cccc(OC)c2OC)cc1. The molecule has 0 radical (unpaired) electrons. The number of amidine groups is 1. The number of amides is 1.